The molecule has 0 bridgehead atoms. The Morgan fingerprint density at radius 3 is 2.56 bits per heavy atom. The zero-order valence-corrected chi connectivity index (χ0v) is 13.9. The number of benzene rings is 1. The van der Waals surface area contributed by atoms with Crippen molar-refractivity contribution < 1.29 is 13.6 Å². The van der Waals surface area contributed by atoms with Gasteiger partial charge in [0.15, 0.2) is 0 Å². The number of halogens is 2. The van der Waals surface area contributed by atoms with Gasteiger partial charge in [0.25, 0.3) is 5.91 Å². The average Bonchev–Trinajstić information content (AvgIpc) is 2.62. The van der Waals surface area contributed by atoms with Crippen molar-refractivity contribution in [3.8, 4) is 0 Å². The third-order valence-electron chi connectivity index (χ3n) is 4.24. The fraction of sp³-hybridized carbons (Fsp3) is 0.263. The van der Waals surface area contributed by atoms with Crippen LogP contribution in [-0.4, -0.2) is 35.9 Å². The minimum Gasteiger partial charge on any atom is -0.306 e. The second-order valence-electron chi connectivity index (χ2n) is 6.06. The molecule has 1 aromatic carbocycles. The van der Waals surface area contributed by atoms with Gasteiger partial charge in [0.05, 0.1) is 5.56 Å². The molecule has 25 heavy (non-hydrogen) atoms. The van der Waals surface area contributed by atoms with Crippen molar-refractivity contribution in [3.63, 3.8) is 0 Å². The van der Waals surface area contributed by atoms with E-state index in [1.165, 1.54) is 18.2 Å². The van der Waals surface area contributed by atoms with E-state index in [1.54, 1.807) is 24.3 Å². The topological polar surface area (TPSA) is 45.2 Å². The van der Waals surface area contributed by atoms with E-state index in [1.807, 2.05) is 7.05 Å². The van der Waals surface area contributed by atoms with Crippen molar-refractivity contribution >= 4 is 17.6 Å². The molecule has 0 radical (unpaired) electrons. The number of hydrogen-bond donors (Lipinski definition) is 1. The first kappa shape index (κ1) is 17.2. The summed E-state index contributed by atoms with van der Waals surface area (Å²) in [4.78, 5) is 18.5. The summed E-state index contributed by atoms with van der Waals surface area (Å²) in [5.41, 5.74) is 0.845. The number of rotatable bonds is 3. The second-order valence-corrected chi connectivity index (χ2v) is 6.06. The number of piperidine rings is 1. The van der Waals surface area contributed by atoms with Crippen LogP contribution in [0.2, 0.25) is 0 Å². The maximum atomic E-state index is 14.7. The minimum absolute atomic E-state index is 0.0798. The maximum Gasteiger partial charge on any atom is 0.259 e. The summed E-state index contributed by atoms with van der Waals surface area (Å²) in [5, 5.41) is 2.52. The Balaban J connectivity index is 1.79. The smallest absolute Gasteiger partial charge is 0.259 e. The Morgan fingerprint density at radius 1 is 1.12 bits per heavy atom. The number of amides is 1. The van der Waals surface area contributed by atoms with Crippen molar-refractivity contribution in [1.82, 2.24) is 9.88 Å². The van der Waals surface area contributed by atoms with E-state index in [0.29, 0.717) is 12.8 Å². The van der Waals surface area contributed by atoms with Crippen molar-refractivity contribution in [2.24, 2.45) is 0 Å². The Hall–Kier alpha value is -2.60. The van der Waals surface area contributed by atoms with E-state index in [0.717, 1.165) is 18.7 Å². The summed E-state index contributed by atoms with van der Waals surface area (Å²) in [5.74, 6) is -1.38. The van der Waals surface area contributed by atoms with Crippen molar-refractivity contribution in [2.45, 2.75) is 12.8 Å². The van der Waals surface area contributed by atoms with Crippen molar-refractivity contribution in [1.29, 1.82) is 0 Å². The number of carbonyl (C=O) groups excluding carboxylic acids is 1. The Kier molecular flexibility index (Phi) is 5.19. The van der Waals surface area contributed by atoms with Crippen LogP contribution in [0.25, 0.3) is 5.83 Å². The molecule has 1 N–H and O–H groups in total. The largest absolute Gasteiger partial charge is 0.306 e. The predicted octanol–water partition coefficient (Wildman–Crippen LogP) is 3.88. The van der Waals surface area contributed by atoms with Gasteiger partial charge in [-0.15, -0.1) is 0 Å². The molecule has 0 saturated carbocycles. The van der Waals surface area contributed by atoms with Crippen LogP contribution in [0.4, 0.5) is 14.6 Å². The minimum atomic E-state index is -0.616. The number of nitrogens with zero attached hydrogens (tertiary/aromatic N) is 2. The number of anilines is 1. The molecule has 3 rings (SSSR count). The summed E-state index contributed by atoms with van der Waals surface area (Å²) in [6.45, 7) is 1.62. The molecular formula is C19H19F2N3O. The standard InChI is InChI=1S/C19H19F2N3O/c1-24-11-9-13(10-12-24)18(21)16-7-4-8-17(22-16)23-19(25)14-5-2-3-6-15(14)20/h2-8H,9-12H2,1H3,(H,22,23,25). The number of likely N-dealkylation sites (tertiary alicyclic amines) is 1. The van der Waals surface area contributed by atoms with Crippen LogP contribution in [0, 0.1) is 5.82 Å². The van der Waals surface area contributed by atoms with Gasteiger partial charge in [-0.3, -0.25) is 4.79 Å². The highest BCUT2D eigenvalue weighted by Gasteiger charge is 2.17. The fourth-order valence-corrected chi connectivity index (χ4v) is 2.74. The summed E-state index contributed by atoms with van der Waals surface area (Å²) >= 11 is 0. The molecular weight excluding hydrogens is 324 g/mol. The van der Waals surface area contributed by atoms with Crippen molar-refractivity contribution in [3.05, 3.63) is 65.1 Å². The quantitative estimate of drug-likeness (QED) is 0.920. The first-order valence-corrected chi connectivity index (χ1v) is 8.14. The van der Waals surface area contributed by atoms with E-state index < -0.39 is 11.7 Å². The molecule has 0 aliphatic carbocycles. The van der Waals surface area contributed by atoms with Gasteiger partial charge in [-0.05, 0) is 49.7 Å². The Labute approximate surface area is 145 Å². The van der Waals surface area contributed by atoms with Gasteiger partial charge in [-0.2, -0.15) is 0 Å². The van der Waals surface area contributed by atoms with Crippen LogP contribution in [0.1, 0.15) is 28.9 Å². The van der Waals surface area contributed by atoms with Crippen LogP contribution in [-0.2, 0) is 0 Å². The summed E-state index contributed by atoms with van der Waals surface area (Å²) in [6.07, 6.45) is 1.33. The molecule has 0 unspecified atom stereocenters. The van der Waals surface area contributed by atoms with E-state index in [9.17, 15) is 13.6 Å². The molecule has 130 valence electrons. The van der Waals surface area contributed by atoms with Gasteiger partial charge < -0.3 is 10.2 Å². The Morgan fingerprint density at radius 2 is 1.84 bits per heavy atom. The summed E-state index contributed by atoms with van der Waals surface area (Å²) in [6, 6.07) is 10.4. The van der Waals surface area contributed by atoms with E-state index in [-0.39, 0.29) is 22.9 Å². The lowest BCUT2D eigenvalue weighted by molar-refractivity contribution is 0.102. The molecule has 0 spiro atoms. The van der Waals surface area contributed by atoms with Crippen molar-refractivity contribution in [2.75, 3.05) is 25.5 Å². The lowest BCUT2D eigenvalue weighted by Gasteiger charge is -2.24. The maximum absolute atomic E-state index is 14.7. The van der Waals surface area contributed by atoms with Gasteiger partial charge in [-0.25, -0.2) is 13.8 Å². The molecule has 1 saturated heterocycles. The lowest BCUT2D eigenvalue weighted by Crippen LogP contribution is -2.26. The first-order chi connectivity index (χ1) is 12.0. The molecule has 1 amide bonds. The van der Waals surface area contributed by atoms with Gasteiger partial charge in [-0.1, -0.05) is 18.2 Å². The molecule has 1 aliphatic heterocycles. The number of nitrogens with one attached hydrogen (secondary N) is 1. The molecule has 6 heteroatoms. The van der Waals surface area contributed by atoms with Gasteiger partial charge in [0, 0.05) is 13.1 Å². The van der Waals surface area contributed by atoms with Gasteiger partial charge in [0.2, 0.25) is 0 Å². The molecule has 4 nitrogen and oxygen atoms in total. The predicted molar refractivity (Wildman–Crippen MR) is 93.3 cm³/mol. The van der Waals surface area contributed by atoms with Crippen LogP contribution in [0.3, 0.4) is 0 Å². The zero-order valence-electron chi connectivity index (χ0n) is 13.9. The summed E-state index contributed by atoms with van der Waals surface area (Å²) in [7, 11) is 2.01. The highest BCUT2D eigenvalue weighted by atomic mass is 19.1. The van der Waals surface area contributed by atoms with E-state index in [2.05, 4.69) is 15.2 Å². The van der Waals surface area contributed by atoms with Crippen LogP contribution in [0.15, 0.2) is 48.0 Å². The molecule has 1 fully saturated rings. The summed E-state index contributed by atoms with van der Waals surface area (Å²) < 4.78 is 28.4. The van der Waals surface area contributed by atoms with Crippen LogP contribution >= 0.6 is 0 Å². The normalized spacial score (nSPS) is 15.1. The third-order valence-corrected chi connectivity index (χ3v) is 4.24. The monoisotopic (exact) mass is 343 g/mol. The molecule has 0 atom stereocenters. The van der Waals surface area contributed by atoms with E-state index in [4.69, 9.17) is 0 Å². The second kappa shape index (κ2) is 7.53. The molecule has 2 heterocycles. The van der Waals surface area contributed by atoms with Crippen LogP contribution in [0.5, 0.6) is 0 Å². The number of pyridine rings is 1. The van der Waals surface area contributed by atoms with Gasteiger partial charge in [0.1, 0.15) is 23.2 Å². The number of carbonyl (C=O) groups is 1. The highest BCUT2D eigenvalue weighted by Crippen LogP contribution is 2.27. The van der Waals surface area contributed by atoms with Gasteiger partial charge >= 0.3 is 0 Å². The zero-order chi connectivity index (χ0) is 17.8. The molecule has 1 aromatic heterocycles. The van der Waals surface area contributed by atoms with E-state index >= 15 is 0 Å². The molecule has 1 aliphatic rings. The first-order valence-electron chi connectivity index (χ1n) is 8.14. The SMILES string of the molecule is CN1CCC(=C(F)c2cccc(NC(=O)c3ccccc3F)n2)CC1. The third kappa shape index (κ3) is 4.09. The molecule has 2 aromatic rings. The highest BCUT2D eigenvalue weighted by molar-refractivity contribution is 6.03. The fourth-order valence-electron chi connectivity index (χ4n) is 2.74. The average molecular weight is 343 g/mol. The number of aromatic nitrogens is 1. The lowest BCUT2D eigenvalue weighted by atomic mass is 10.0. The van der Waals surface area contributed by atoms with Crippen LogP contribution < -0.4 is 5.32 Å². The number of hydrogen-bond acceptors (Lipinski definition) is 3. The Bertz CT molecular complexity index is 810.